The van der Waals surface area contributed by atoms with Crippen molar-refractivity contribution in [3.63, 3.8) is 0 Å². The first-order valence-electron chi connectivity index (χ1n) is 16.6. The SMILES string of the molecule is C[C@H]1CC/C=C\[C@@H]2C[C@@]2(C(=O)NS(=O)(=O)C2(C)CC2)NC(=O)[C@@H]2C[C@@H](Oc3cc(-c4nccs4)ccn3)CN2C(=O)[C@@H](NC(=O)O)[C@H](C)C1. The number of nitrogens with one attached hydrogen (secondary N) is 3. The summed E-state index contributed by atoms with van der Waals surface area (Å²) in [6.45, 7) is 5.37. The maximum atomic E-state index is 14.3. The molecule has 2 aliphatic carbocycles. The minimum absolute atomic E-state index is 0.0277. The fraction of sp³-hybridized carbons (Fsp3) is 0.576. The van der Waals surface area contributed by atoms with E-state index < -0.39 is 74.1 Å². The van der Waals surface area contributed by atoms with Crippen molar-refractivity contribution in [3.05, 3.63) is 42.1 Å². The Kier molecular flexibility index (Phi) is 9.48. The molecular formula is C33H42N6O8S2. The van der Waals surface area contributed by atoms with Crippen molar-refractivity contribution < 1.29 is 37.4 Å². The molecule has 4 amide bonds. The molecule has 2 aromatic rings. The Morgan fingerprint density at radius 1 is 1.16 bits per heavy atom. The van der Waals surface area contributed by atoms with Crippen LogP contribution in [0.1, 0.15) is 65.7 Å². The van der Waals surface area contributed by atoms with Crippen LogP contribution in [0.5, 0.6) is 5.88 Å². The summed E-state index contributed by atoms with van der Waals surface area (Å²) >= 11 is 1.45. The summed E-state index contributed by atoms with van der Waals surface area (Å²) in [5.41, 5.74) is -0.743. The summed E-state index contributed by atoms with van der Waals surface area (Å²) < 4.78 is 33.5. The zero-order chi connectivity index (χ0) is 35.1. The Morgan fingerprint density at radius 2 is 1.94 bits per heavy atom. The van der Waals surface area contributed by atoms with Crippen molar-refractivity contribution in [1.82, 2.24) is 30.2 Å². The quantitative estimate of drug-likeness (QED) is 0.310. The standard InChI is InChI=1S/C33H42N6O8S2/c1-19-6-4-5-7-22-17-33(22,30(42)38-49(45,46)32(3)9-10-32)37-27(40)24-16-23(18-39(24)29(41)26(20(2)14-19)36-31(43)44)47-25-15-21(8-11-34-25)28-35-12-13-48-28/h5,7-8,11-13,15,19-20,22-24,26,36H,4,6,9-10,14,16-18H2,1-3H3,(H,37,40)(H,38,42)(H,43,44)/b7-5-/t19-,20+,22+,23+,24-,26-,33+/m0/s1. The number of allylic oxidation sites excluding steroid dienone is 1. The molecule has 0 unspecified atom stereocenters. The number of fused-ring (bicyclic) bond motifs is 2. The van der Waals surface area contributed by atoms with Crippen LogP contribution < -0.4 is 20.1 Å². The highest BCUT2D eigenvalue weighted by Crippen LogP contribution is 2.47. The normalized spacial score (nSPS) is 31.9. The maximum Gasteiger partial charge on any atom is 0.405 e. The number of carbonyl (C=O) groups is 4. The fourth-order valence-corrected chi connectivity index (χ4v) is 8.82. The van der Waals surface area contributed by atoms with Crippen LogP contribution in [0.3, 0.4) is 0 Å². The molecule has 7 atom stereocenters. The van der Waals surface area contributed by atoms with E-state index in [0.717, 1.165) is 17.0 Å². The average Bonchev–Trinajstić information content (AvgIpc) is 3.79. The third-order valence-electron chi connectivity index (χ3n) is 10.2. The van der Waals surface area contributed by atoms with E-state index in [-0.39, 0.29) is 31.2 Å². The van der Waals surface area contributed by atoms with Gasteiger partial charge in [-0.2, -0.15) is 0 Å². The van der Waals surface area contributed by atoms with Gasteiger partial charge in [0.05, 0.1) is 11.3 Å². The van der Waals surface area contributed by atoms with E-state index in [9.17, 15) is 32.7 Å². The molecule has 4 heterocycles. The van der Waals surface area contributed by atoms with Gasteiger partial charge in [-0.3, -0.25) is 19.1 Å². The average molecular weight is 715 g/mol. The first-order chi connectivity index (χ1) is 23.2. The van der Waals surface area contributed by atoms with Crippen LogP contribution in [-0.4, -0.2) is 87.2 Å². The molecular weight excluding hydrogens is 673 g/mol. The van der Waals surface area contributed by atoms with Gasteiger partial charge in [0.15, 0.2) is 0 Å². The second-order valence-corrected chi connectivity index (χ2v) is 17.2. The first kappa shape index (κ1) is 34.8. The number of carboxylic acid groups (broad SMARTS) is 1. The van der Waals surface area contributed by atoms with Gasteiger partial charge in [0.25, 0.3) is 5.91 Å². The van der Waals surface area contributed by atoms with E-state index >= 15 is 0 Å². The monoisotopic (exact) mass is 714 g/mol. The number of sulfonamides is 1. The van der Waals surface area contributed by atoms with Gasteiger partial charge < -0.3 is 25.4 Å². The Morgan fingerprint density at radius 3 is 2.63 bits per heavy atom. The Hall–Kier alpha value is -4.05. The van der Waals surface area contributed by atoms with E-state index in [0.29, 0.717) is 25.7 Å². The highest BCUT2D eigenvalue weighted by molar-refractivity contribution is 7.91. The van der Waals surface area contributed by atoms with Gasteiger partial charge in [-0.1, -0.05) is 26.0 Å². The number of hydrogen-bond acceptors (Lipinski definition) is 10. The molecule has 264 valence electrons. The second kappa shape index (κ2) is 13.3. The number of ether oxygens (including phenoxy) is 1. The lowest BCUT2D eigenvalue weighted by atomic mass is 9.88. The lowest BCUT2D eigenvalue weighted by Crippen LogP contribution is -2.59. The molecule has 14 nitrogen and oxygen atoms in total. The molecule has 3 fully saturated rings. The van der Waals surface area contributed by atoms with E-state index in [2.05, 4.69) is 25.3 Å². The molecule has 4 aliphatic rings. The molecule has 6 rings (SSSR count). The van der Waals surface area contributed by atoms with E-state index in [1.807, 2.05) is 31.4 Å². The van der Waals surface area contributed by atoms with Gasteiger partial charge >= 0.3 is 6.09 Å². The van der Waals surface area contributed by atoms with Gasteiger partial charge in [-0.15, -0.1) is 11.3 Å². The highest BCUT2D eigenvalue weighted by Gasteiger charge is 2.63. The third kappa shape index (κ3) is 7.30. The number of aromatic nitrogens is 2. The maximum absolute atomic E-state index is 14.3. The number of thiazole rings is 1. The van der Waals surface area contributed by atoms with Gasteiger partial charge in [-0.25, -0.2) is 23.2 Å². The van der Waals surface area contributed by atoms with Crippen molar-refractivity contribution >= 4 is 45.2 Å². The molecule has 2 aromatic heterocycles. The summed E-state index contributed by atoms with van der Waals surface area (Å²) in [7, 11) is -3.99. The Labute approximate surface area is 289 Å². The predicted octanol–water partition coefficient (Wildman–Crippen LogP) is 3.08. The lowest BCUT2D eigenvalue weighted by molar-refractivity contribution is -0.142. The van der Waals surface area contributed by atoms with Crippen LogP contribution in [-0.2, 0) is 24.4 Å². The summed E-state index contributed by atoms with van der Waals surface area (Å²) in [6.07, 6.45) is 8.01. The second-order valence-electron chi connectivity index (χ2n) is 14.1. The summed E-state index contributed by atoms with van der Waals surface area (Å²) in [6, 6.07) is 1.23. The number of rotatable bonds is 7. The van der Waals surface area contributed by atoms with Crippen LogP contribution in [0.4, 0.5) is 4.79 Å². The number of pyridine rings is 1. The Bertz CT molecular complexity index is 1750. The van der Waals surface area contributed by atoms with E-state index in [1.165, 1.54) is 16.2 Å². The molecule has 0 bridgehead atoms. The molecule has 1 saturated heterocycles. The summed E-state index contributed by atoms with van der Waals surface area (Å²) in [4.78, 5) is 64.0. The van der Waals surface area contributed by atoms with Crippen molar-refractivity contribution in [2.75, 3.05) is 6.54 Å². The molecule has 0 spiro atoms. The van der Waals surface area contributed by atoms with Crippen LogP contribution >= 0.6 is 11.3 Å². The number of amides is 4. The number of hydrogen-bond donors (Lipinski definition) is 4. The summed E-state index contributed by atoms with van der Waals surface area (Å²) in [5, 5.41) is 17.5. The first-order valence-corrected chi connectivity index (χ1v) is 19.0. The third-order valence-corrected chi connectivity index (χ3v) is 13.2. The van der Waals surface area contributed by atoms with Crippen molar-refractivity contribution in [2.45, 2.75) is 94.2 Å². The number of nitrogens with zero attached hydrogens (tertiary/aromatic N) is 3. The Balaban J connectivity index is 1.31. The van der Waals surface area contributed by atoms with Crippen molar-refractivity contribution in [1.29, 1.82) is 0 Å². The van der Waals surface area contributed by atoms with Gasteiger partial charge in [-0.05, 0) is 63.4 Å². The molecule has 16 heteroatoms. The molecule has 2 aliphatic heterocycles. The predicted molar refractivity (Wildman–Crippen MR) is 180 cm³/mol. The molecule has 49 heavy (non-hydrogen) atoms. The van der Waals surface area contributed by atoms with Gasteiger partial charge in [0.2, 0.25) is 27.7 Å². The smallest absolute Gasteiger partial charge is 0.405 e. The summed E-state index contributed by atoms with van der Waals surface area (Å²) in [5.74, 6) is -2.50. The van der Waals surface area contributed by atoms with Crippen molar-refractivity contribution in [2.24, 2.45) is 17.8 Å². The zero-order valence-electron chi connectivity index (χ0n) is 27.6. The van der Waals surface area contributed by atoms with Crippen molar-refractivity contribution in [3.8, 4) is 16.5 Å². The lowest BCUT2D eigenvalue weighted by Gasteiger charge is -2.32. The van der Waals surface area contributed by atoms with E-state index in [1.54, 1.807) is 31.5 Å². The molecule has 0 aromatic carbocycles. The zero-order valence-corrected chi connectivity index (χ0v) is 29.3. The van der Waals surface area contributed by atoms with Crippen LogP contribution in [0.25, 0.3) is 10.6 Å². The van der Waals surface area contributed by atoms with Crippen LogP contribution in [0, 0.1) is 17.8 Å². The minimum Gasteiger partial charge on any atom is -0.472 e. The van der Waals surface area contributed by atoms with Crippen LogP contribution in [0.2, 0.25) is 0 Å². The fourth-order valence-electron chi connectivity index (χ4n) is 6.87. The number of carbonyl (C=O) groups excluding carboxylic acids is 3. The van der Waals surface area contributed by atoms with E-state index in [4.69, 9.17) is 4.74 Å². The topological polar surface area (TPSA) is 197 Å². The minimum atomic E-state index is -3.99. The molecule has 4 N–H and O–H groups in total. The highest BCUT2D eigenvalue weighted by atomic mass is 32.2. The van der Waals surface area contributed by atoms with Crippen LogP contribution in [0.15, 0.2) is 42.1 Å². The largest absolute Gasteiger partial charge is 0.472 e. The van der Waals surface area contributed by atoms with Gasteiger partial charge in [0, 0.05) is 41.7 Å². The van der Waals surface area contributed by atoms with Gasteiger partial charge in [0.1, 0.15) is 28.7 Å². The molecule has 0 radical (unpaired) electrons. The molecule has 2 saturated carbocycles.